The highest BCUT2D eigenvalue weighted by Gasteiger charge is 2.19. The van der Waals surface area contributed by atoms with Crippen molar-refractivity contribution < 1.29 is 4.79 Å². The van der Waals surface area contributed by atoms with Crippen LogP contribution in [-0.2, 0) is 0 Å². The minimum Gasteiger partial charge on any atom is -0.383 e. The number of rotatable bonds is 5. The number of hydrogen-bond acceptors (Lipinski definition) is 2. The van der Waals surface area contributed by atoms with E-state index >= 15 is 0 Å². The van der Waals surface area contributed by atoms with E-state index in [1.54, 1.807) is 0 Å². The summed E-state index contributed by atoms with van der Waals surface area (Å²) in [6.45, 7) is 2.22. The van der Waals surface area contributed by atoms with Crippen LogP contribution in [0.5, 0.6) is 0 Å². The molecule has 1 saturated carbocycles. The van der Waals surface area contributed by atoms with E-state index < -0.39 is 6.03 Å². The van der Waals surface area contributed by atoms with Crippen LogP contribution in [0.15, 0.2) is 24.3 Å². The third-order valence-electron chi connectivity index (χ3n) is 3.48. The van der Waals surface area contributed by atoms with E-state index in [4.69, 9.17) is 5.73 Å². The van der Waals surface area contributed by atoms with Gasteiger partial charge in [0.1, 0.15) is 0 Å². The molecule has 2 amide bonds. The smallest absolute Gasteiger partial charge is 0.316 e. The number of carbonyl (C=O) groups is 1. The summed E-state index contributed by atoms with van der Waals surface area (Å²) in [7, 11) is 0. The Morgan fingerprint density at radius 1 is 1.33 bits per heavy atom. The van der Waals surface area contributed by atoms with Gasteiger partial charge in [-0.15, -0.1) is 0 Å². The van der Waals surface area contributed by atoms with Crippen molar-refractivity contribution in [3.8, 4) is 0 Å². The molecule has 1 unspecified atom stereocenters. The number of anilines is 2. The Hall–Kier alpha value is -1.71. The van der Waals surface area contributed by atoms with Gasteiger partial charge in [0.2, 0.25) is 0 Å². The van der Waals surface area contributed by atoms with Crippen LogP contribution < -0.4 is 16.4 Å². The molecule has 1 aromatic carbocycles. The second-order valence-corrected chi connectivity index (χ2v) is 5.14. The molecule has 1 aliphatic rings. The third-order valence-corrected chi connectivity index (χ3v) is 3.48. The second kappa shape index (κ2) is 5.76. The molecule has 18 heavy (non-hydrogen) atoms. The highest BCUT2D eigenvalue weighted by Crippen LogP contribution is 2.31. The largest absolute Gasteiger partial charge is 0.383 e. The van der Waals surface area contributed by atoms with Crippen LogP contribution in [0.2, 0.25) is 0 Å². The Labute approximate surface area is 108 Å². The summed E-state index contributed by atoms with van der Waals surface area (Å²) < 4.78 is 0. The summed E-state index contributed by atoms with van der Waals surface area (Å²) in [6.07, 6.45) is 5.40. The monoisotopic (exact) mass is 247 g/mol. The summed E-state index contributed by atoms with van der Waals surface area (Å²) in [6, 6.07) is 7.58. The van der Waals surface area contributed by atoms with Crippen molar-refractivity contribution in [3.63, 3.8) is 0 Å². The predicted molar refractivity (Wildman–Crippen MR) is 74.7 cm³/mol. The molecule has 0 aliphatic heterocycles. The molecule has 0 bridgehead atoms. The second-order valence-electron chi connectivity index (χ2n) is 5.14. The minimum absolute atomic E-state index is 0.491. The Kier molecular flexibility index (Phi) is 4.07. The lowest BCUT2D eigenvalue weighted by molar-refractivity contribution is 0.259. The SMILES string of the molecule is CC(CC1CCC1)Nc1ccc(NC(N)=O)cc1. The molecule has 4 N–H and O–H groups in total. The van der Waals surface area contributed by atoms with E-state index in [0.717, 1.165) is 17.3 Å². The van der Waals surface area contributed by atoms with Gasteiger partial charge >= 0.3 is 6.03 Å². The summed E-state index contributed by atoms with van der Waals surface area (Å²) >= 11 is 0. The lowest BCUT2D eigenvalue weighted by Crippen LogP contribution is -2.23. The van der Waals surface area contributed by atoms with Crippen LogP contribution in [0.4, 0.5) is 16.2 Å². The van der Waals surface area contributed by atoms with Crippen molar-refractivity contribution in [3.05, 3.63) is 24.3 Å². The summed E-state index contributed by atoms with van der Waals surface area (Å²) in [5.74, 6) is 0.906. The Bertz CT molecular complexity index is 398. The molecule has 4 nitrogen and oxygen atoms in total. The van der Waals surface area contributed by atoms with E-state index in [0.29, 0.717) is 6.04 Å². The minimum atomic E-state index is -0.533. The molecular weight excluding hydrogens is 226 g/mol. The van der Waals surface area contributed by atoms with Crippen molar-refractivity contribution in [1.82, 2.24) is 0 Å². The first-order valence-electron chi connectivity index (χ1n) is 6.56. The average Bonchev–Trinajstić information content (AvgIpc) is 2.26. The van der Waals surface area contributed by atoms with E-state index in [1.165, 1.54) is 25.7 Å². The molecule has 0 radical (unpaired) electrons. The Balaban J connectivity index is 1.83. The van der Waals surface area contributed by atoms with Crippen molar-refractivity contribution in [1.29, 1.82) is 0 Å². The molecule has 1 aliphatic carbocycles. The zero-order chi connectivity index (χ0) is 13.0. The quantitative estimate of drug-likeness (QED) is 0.748. The Morgan fingerprint density at radius 3 is 2.44 bits per heavy atom. The van der Waals surface area contributed by atoms with Gasteiger partial charge in [-0.25, -0.2) is 4.79 Å². The lowest BCUT2D eigenvalue weighted by atomic mass is 9.81. The zero-order valence-corrected chi connectivity index (χ0v) is 10.8. The van der Waals surface area contributed by atoms with Gasteiger partial charge in [0.15, 0.2) is 0 Å². The molecule has 0 saturated heterocycles. The van der Waals surface area contributed by atoms with E-state index in [1.807, 2.05) is 24.3 Å². The normalized spacial score (nSPS) is 16.7. The van der Waals surface area contributed by atoms with Gasteiger partial charge in [-0.05, 0) is 43.5 Å². The molecular formula is C14H21N3O. The molecule has 1 fully saturated rings. The number of benzene rings is 1. The molecule has 4 heteroatoms. The summed E-state index contributed by atoms with van der Waals surface area (Å²) in [4.78, 5) is 10.7. The van der Waals surface area contributed by atoms with Crippen molar-refractivity contribution >= 4 is 17.4 Å². The third kappa shape index (κ3) is 3.65. The topological polar surface area (TPSA) is 67.2 Å². The number of nitrogens with one attached hydrogen (secondary N) is 2. The van der Waals surface area contributed by atoms with Crippen LogP contribution in [0.3, 0.4) is 0 Å². The maximum Gasteiger partial charge on any atom is 0.316 e. The first-order valence-corrected chi connectivity index (χ1v) is 6.56. The summed E-state index contributed by atoms with van der Waals surface area (Å²) in [5, 5.41) is 6.02. The fourth-order valence-electron chi connectivity index (χ4n) is 2.36. The number of nitrogens with two attached hydrogens (primary N) is 1. The maximum absolute atomic E-state index is 10.7. The standard InChI is InChI=1S/C14H21N3O/c1-10(9-11-3-2-4-11)16-12-5-7-13(8-6-12)17-14(15)18/h5-8,10-11,16H,2-4,9H2,1H3,(H3,15,17,18). The van der Waals surface area contributed by atoms with Gasteiger partial charge in [0.05, 0.1) is 0 Å². The van der Waals surface area contributed by atoms with Crippen LogP contribution in [-0.4, -0.2) is 12.1 Å². The molecule has 1 atom stereocenters. The van der Waals surface area contributed by atoms with Crippen LogP contribution >= 0.6 is 0 Å². The first kappa shape index (κ1) is 12.7. The maximum atomic E-state index is 10.7. The number of urea groups is 1. The fourth-order valence-corrected chi connectivity index (χ4v) is 2.36. The van der Waals surface area contributed by atoms with Gasteiger partial charge in [-0.3, -0.25) is 0 Å². The Morgan fingerprint density at radius 2 is 1.94 bits per heavy atom. The van der Waals surface area contributed by atoms with E-state index in [9.17, 15) is 4.79 Å². The zero-order valence-electron chi connectivity index (χ0n) is 10.8. The van der Waals surface area contributed by atoms with Gasteiger partial charge in [0, 0.05) is 17.4 Å². The molecule has 0 spiro atoms. The number of carbonyl (C=O) groups excluding carboxylic acids is 1. The highest BCUT2D eigenvalue weighted by atomic mass is 16.2. The van der Waals surface area contributed by atoms with E-state index in [2.05, 4.69) is 17.6 Å². The molecule has 98 valence electrons. The molecule has 2 rings (SSSR count). The fraction of sp³-hybridized carbons (Fsp3) is 0.500. The molecule has 0 heterocycles. The van der Waals surface area contributed by atoms with Gasteiger partial charge < -0.3 is 16.4 Å². The van der Waals surface area contributed by atoms with Crippen LogP contribution in [0.1, 0.15) is 32.6 Å². The average molecular weight is 247 g/mol. The molecule has 0 aromatic heterocycles. The van der Waals surface area contributed by atoms with Crippen molar-refractivity contribution in [2.45, 2.75) is 38.6 Å². The number of primary amides is 1. The van der Waals surface area contributed by atoms with Crippen LogP contribution in [0.25, 0.3) is 0 Å². The first-order chi connectivity index (χ1) is 8.63. The predicted octanol–water partition coefficient (Wildman–Crippen LogP) is 3.17. The van der Waals surface area contributed by atoms with Crippen molar-refractivity contribution in [2.24, 2.45) is 11.7 Å². The van der Waals surface area contributed by atoms with Crippen molar-refractivity contribution in [2.75, 3.05) is 10.6 Å². The summed E-state index contributed by atoms with van der Waals surface area (Å²) in [5.41, 5.74) is 6.86. The lowest BCUT2D eigenvalue weighted by Gasteiger charge is -2.28. The van der Waals surface area contributed by atoms with E-state index in [-0.39, 0.29) is 0 Å². The highest BCUT2D eigenvalue weighted by molar-refractivity contribution is 5.87. The van der Waals surface area contributed by atoms with Gasteiger partial charge in [0.25, 0.3) is 0 Å². The molecule has 1 aromatic rings. The van der Waals surface area contributed by atoms with Gasteiger partial charge in [-0.1, -0.05) is 19.3 Å². The number of hydrogen-bond donors (Lipinski definition) is 3. The van der Waals surface area contributed by atoms with Crippen LogP contribution in [0, 0.1) is 5.92 Å². The van der Waals surface area contributed by atoms with Gasteiger partial charge in [-0.2, -0.15) is 0 Å². The number of amides is 2.